The number of ether oxygens (including phenoxy) is 1. The maximum Gasteiger partial charge on any atom is 0.328 e. The van der Waals surface area contributed by atoms with Crippen LogP contribution >= 0.6 is 0 Å². The highest BCUT2D eigenvalue weighted by Crippen LogP contribution is 2.13. The minimum atomic E-state index is -1.26. The maximum atomic E-state index is 9.81. The SMILES string of the molecule is CC(C)NCC(O)COc1ccc(CCn2cccn2)cc1.O=C(O)C=CC(=O)O. The van der Waals surface area contributed by atoms with Crippen molar-refractivity contribution >= 4 is 11.9 Å². The summed E-state index contributed by atoms with van der Waals surface area (Å²) in [5.41, 5.74) is 1.24. The van der Waals surface area contributed by atoms with Gasteiger partial charge < -0.3 is 25.4 Å². The van der Waals surface area contributed by atoms with Gasteiger partial charge in [-0.3, -0.25) is 4.68 Å². The van der Waals surface area contributed by atoms with Gasteiger partial charge in [-0.15, -0.1) is 0 Å². The number of aliphatic hydroxyl groups is 1. The Kier molecular flexibility index (Phi) is 11.5. The largest absolute Gasteiger partial charge is 0.491 e. The number of hydrogen-bond acceptors (Lipinski definition) is 6. The molecule has 1 heterocycles. The molecule has 164 valence electrons. The molecule has 0 amide bonds. The number of benzene rings is 1. The fraction of sp³-hybridized carbons (Fsp3) is 0.381. The molecule has 1 atom stereocenters. The second kappa shape index (κ2) is 13.9. The minimum absolute atomic E-state index is 0.298. The molecule has 0 radical (unpaired) electrons. The monoisotopic (exact) mass is 419 g/mol. The third-order valence-corrected chi connectivity index (χ3v) is 3.68. The molecule has 9 nitrogen and oxygen atoms in total. The van der Waals surface area contributed by atoms with E-state index in [2.05, 4.69) is 36.4 Å². The third-order valence-electron chi connectivity index (χ3n) is 3.68. The number of hydrogen-bond donors (Lipinski definition) is 4. The summed E-state index contributed by atoms with van der Waals surface area (Å²) in [5, 5.41) is 32.8. The molecule has 2 rings (SSSR count). The van der Waals surface area contributed by atoms with Gasteiger partial charge in [-0.1, -0.05) is 26.0 Å². The Bertz CT molecular complexity index is 757. The number of aliphatic hydroxyl groups excluding tert-OH is 1. The van der Waals surface area contributed by atoms with E-state index >= 15 is 0 Å². The van der Waals surface area contributed by atoms with Crippen LogP contribution in [0.3, 0.4) is 0 Å². The average molecular weight is 419 g/mol. The number of aryl methyl sites for hydroxylation is 2. The van der Waals surface area contributed by atoms with E-state index in [9.17, 15) is 14.7 Å². The Morgan fingerprint density at radius 3 is 2.30 bits per heavy atom. The van der Waals surface area contributed by atoms with Gasteiger partial charge >= 0.3 is 11.9 Å². The molecule has 0 saturated heterocycles. The zero-order chi connectivity index (χ0) is 22.4. The molecule has 0 aliphatic heterocycles. The van der Waals surface area contributed by atoms with E-state index in [1.807, 2.05) is 29.1 Å². The van der Waals surface area contributed by atoms with Crippen LogP contribution in [0.25, 0.3) is 0 Å². The summed E-state index contributed by atoms with van der Waals surface area (Å²) in [4.78, 5) is 19.1. The molecule has 0 aliphatic carbocycles. The normalized spacial score (nSPS) is 11.7. The van der Waals surface area contributed by atoms with Crippen molar-refractivity contribution in [2.45, 2.75) is 39.0 Å². The van der Waals surface area contributed by atoms with Crippen LogP contribution < -0.4 is 10.1 Å². The molecule has 2 aromatic rings. The summed E-state index contributed by atoms with van der Waals surface area (Å²) in [6, 6.07) is 10.3. The Morgan fingerprint density at radius 1 is 1.17 bits per heavy atom. The lowest BCUT2D eigenvalue weighted by Gasteiger charge is -2.15. The summed E-state index contributed by atoms with van der Waals surface area (Å²) in [7, 11) is 0. The number of carboxylic acid groups (broad SMARTS) is 2. The molecule has 0 fully saturated rings. The summed E-state index contributed by atoms with van der Waals surface area (Å²) < 4.78 is 7.52. The number of nitrogens with one attached hydrogen (secondary N) is 1. The van der Waals surface area contributed by atoms with E-state index in [0.717, 1.165) is 18.7 Å². The molecule has 0 spiro atoms. The molecule has 0 bridgehead atoms. The van der Waals surface area contributed by atoms with Crippen LogP contribution in [0.4, 0.5) is 0 Å². The third kappa shape index (κ3) is 12.3. The standard InChI is InChI=1S/C17H25N3O2.C4H4O4/c1-14(2)18-12-16(21)13-22-17-6-4-15(5-7-17)8-11-20-10-3-9-19-20;5-3(6)1-2-4(7)8/h3-7,9-10,14,16,18,21H,8,11-13H2,1-2H3;1-2H,(H,5,6)(H,7,8). The second-order valence-electron chi connectivity index (χ2n) is 6.70. The zero-order valence-corrected chi connectivity index (χ0v) is 17.1. The summed E-state index contributed by atoms with van der Waals surface area (Å²) in [6.45, 7) is 5.81. The van der Waals surface area contributed by atoms with Crippen LogP contribution in [-0.4, -0.2) is 62.3 Å². The molecule has 1 aromatic heterocycles. The summed E-state index contributed by atoms with van der Waals surface area (Å²) in [6.07, 6.45) is 5.30. The first kappa shape index (κ1) is 24.9. The van der Waals surface area contributed by atoms with Crippen molar-refractivity contribution in [3.05, 3.63) is 60.4 Å². The first-order valence-corrected chi connectivity index (χ1v) is 9.50. The molecule has 0 aliphatic rings. The smallest absolute Gasteiger partial charge is 0.328 e. The zero-order valence-electron chi connectivity index (χ0n) is 17.1. The Labute approximate surface area is 175 Å². The molecular weight excluding hydrogens is 390 g/mol. The quantitative estimate of drug-likeness (QED) is 0.403. The molecule has 4 N–H and O–H groups in total. The highest BCUT2D eigenvalue weighted by Gasteiger charge is 2.06. The molecule has 9 heteroatoms. The van der Waals surface area contributed by atoms with Crippen LogP contribution in [0.5, 0.6) is 5.75 Å². The van der Waals surface area contributed by atoms with Gasteiger partial charge in [0.2, 0.25) is 0 Å². The fourth-order valence-electron chi connectivity index (χ4n) is 2.19. The Balaban J connectivity index is 0.000000479. The van der Waals surface area contributed by atoms with Crippen LogP contribution in [0.1, 0.15) is 19.4 Å². The van der Waals surface area contributed by atoms with Gasteiger partial charge in [0.25, 0.3) is 0 Å². The van der Waals surface area contributed by atoms with Crippen molar-refractivity contribution in [1.82, 2.24) is 15.1 Å². The summed E-state index contributed by atoms with van der Waals surface area (Å²) >= 11 is 0. The Morgan fingerprint density at radius 2 is 1.80 bits per heavy atom. The van der Waals surface area contributed by atoms with E-state index < -0.39 is 18.0 Å². The second-order valence-corrected chi connectivity index (χ2v) is 6.70. The lowest BCUT2D eigenvalue weighted by molar-refractivity contribution is -0.134. The summed E-state index contributed by atoms with van der Waals surface area (Å²) in [5.74, 6) is -1.73. The lowest BCUT2D eigenvalue weighted by Crippen LogP contribution is -2.35. The predicted octanol–water partition coefficient (Wildman–Crippen LogP) is 1.58. The first-order valence-electron chi connectivity index (χ1n) is 9.50. The maximum absolute atomic E-state index is 9.81. The van der Waals surface area contributed by atoms with Gasteiger partial charge in [-0.05, 0) is 30.2 Å². The van der Waals surface area contributed by atoms with Crippen LogP contribution in [0, 0.1) is 0 Å². The first-order chi connectivity index (χ1) is 14.3. The fourth-order valence-corrected chi connectivity index (χ4v) is 2.19. The van der Waals surface area contributed by atoms with Crippen molar-refractivity contribution in [3.63, 3.8) is 0 Å². The number of aliphatic carboxylic acids is 2. The van der Waals surface area contributed by atoms with Crippen molar-refractivity contribution < 1.29 is 29.6 Å². The van der Waals surface area contributed by atoms with Gasteiger partial charge in [-0.2, -0.15) is 5.10 Å². The van der Waals surface area contributed by atoms with Gasteiger partial charge in [0.1, 0.15) is 18.5 Å². The van der Waals surface area contributed by atoms with E-state index in [1.54, 1.807) is 6.20 Å². The van der Waals surface area contributed by atoms with Crippen molar-refractivity contribution in [1.29, 1.82) is 0 Å². The van der Waals surface area contributed by atoms with Gasteiger partial charge in [0, 0.05) is 43.7 Å². The number of rotatable bonds is 11. The number of carboxylic acids is 2. The molecular formula is C21H29N3O6. The van der Waals surface area contributed by atoms with Crippen LogP contribution in [0.15, 0.2) is 54.9 Å². The van der Waals surface area contributed by atoms with E-state index in [-0.39, 0.29) is 0 Å². The number of aromatic nitrogens is 2. The van der Waals surface area contributed by atoms with Gasteiger partial charge in [0.15, 0.2) is 0 Å². The van der Waals surface area contributed by atoms with Crippen LogP contribution in [-0.2, 0) is 22.6 Å². The Hall–Kier alpha value is -3.17. The number of nitrogens with zero attached hydrogens (tertiary/aromatic N) is 2. The highest BCUT2D eigenvalue weighted by molar-refractivity contribution is 5.89. The molecule has 1 aromatic carbocycles. The lowest BCUT2D eigenvalue weighted by atomic mass is 10.1. The molecule has 30 heavy (non-hydrogen) atoms. The predicted molar refractivity (Wildman–Crippen MR) is 111 cm³/mol. The van der Waals surface area contributed by atoms with Gasteiger partial charge in [-0.25, -0.2) is 9.59 Å². The van der Waals surface area contributed by atoms with Crippen molar-refractivity contribution in [2.24, 2.45) is 0 Å². The molecule has 1 unspecified atom stereocenters. The van der Waals surface area contributed by atoms with E-state index in [1.165, 1.54) is 5.56 Å². The highest BCUT2D eigenvalue weighted by atomic mass is 16.5. The van der Waals surface area contributed by atoms with Crippen molar-refractivity contribution in [2.75, 3.05) is 13.2 Å². The topological polar surface area (TPSA) is 134 Å². The number of carbonyl (C=O) groups is 2. The van der Waals surface area contributed by atoms with Crippen LogP contribution in [0.2, 0.25) is 0 Å². The minimum Gasteiger partial charge on any atom is -0.491 e. The van der Waals surface area contributed by atoms with Gasteiger partial charge in [0.05, 0.1) is 0 Å². The average Bonchev–Trinajstić information content (AvgIpc) is 3.22. The van der Waals surface area contributed by atoms with Crippen molar-refractivity contribution in [3.8, 4) is 5.75 Å². The van der Waals surface area contributed by atoms with E-state index in [4.69, 9.17) is 14.9 Å². The molecule has 0 saturated carbocycles. The van der Waals surface area contributed by atoms with E-state index in [0.29, 0.717) is 31.3 Å².